The molecule has 0 saturated carbocycles. The smallest absolute Gasteiger partial charge is 0.134 e. The van der Waals surface area contributed by atoms with Crippen LogP contribution in [0.15, 0.2) is 0 Å². The van der Waals surface area contributed by atoms with E-state index in [-0.39, 0.29) is 0 Å². The summed E-state index contributed by atoms with van der Waals surface area (Å²) in [5, 5.41) is 2.98. The summed E-state index contributed by atoms with van der Waals surface area (Å²) in [6.45, 7) is 3.01. The summed E-state index contributed by atoms with van der Waals surface area (Å²) in [6, 6.07) is 0. The van der Waals surface area contributed by atoms with Crippen molar-refractivity contribution < 1.29 is 4.79 Å². The molecule has 0 aromatic carbocycles. The molecule has 2 nitrogen and oxygen atoms in total. The topological polar surface area (TPSA) is 29.1 Å². The fourth-order valence-electron chi connectivity index (χ4n) is 1.14. The molecule has 0 aliphatic carbocycles. The Kier molecular flexibility index (Phi) is 8.46. The molecule has 0 heterocycles. The Morgan fingerprint density at radius 1 is 1.17 bits per heavy atom. The van der Waals surface area contributed by atoms with E-state index in [0.29, 0.717) is 12.2 Å². The van der Waals surface area contributed by atoms with Gasteiger partial charge in [-0.2, -0.15) is 0 Å². The lowest BCUT2D eigenvalue weighted by Gasteiger charge is -1.99. The molecule has 0 aromatic heterocycles. The van der Waals surface area contributed by atoms with Crippen LogP contribution in [0.5, 0.6) is 0 Å². The molecule has 0 aliphatic rings. The minimum Gasteiger partial charge on any atom is -0.319 e. The molecule has 0 unspecified atom stereocenters. The third kappa shape index (κ3) is 7.73. The third-order valence-corrected chi connectivity index (χ3v) is 1.96. The van der Waals surface area contributed by atoms with Gasteiger partial charge in [-0.15, -0.1) is 0 Å². The van der Waals surface area contributed by atoms with Gasteiger partial charge in [0, 0.05) is 19.4 Å². The number of ketones is 1. The normalized spacial score (nSPS) is 10.2. The lowest BCUT2D eigenvalue weighted by Crippen LogP contribution is -2.12. The van der Waals surface area contributed by atoms with Crippen LogP contribution in [-0.4, -0.2) is 19.4 Å². The maximum atomic E-state index is 11.1. The first-order chi connectivity index (χ1) is 5.81. The second-order valence-electron chi connectivity index (χ2n) is 3.20. The molecule has 0 saturated heterocycles. The van der Waals surface area contributed by atoms with Crippen molar-refractivity contribution in [2.75, 3.05) is 13.6 Å². The fourth-order valence-corrected chi connectivity index (χ4v) is 1.14. The molecule has 0 rings (SSSR count). The van der Waals surface area contributed by atoms with E-state index < -0.39 is 0 Å². The first kappa shape index (κ1) is 11.6. The van der Waals surface area contributed by atoms with E-state index in [2.05, 4.69) is 12.2 Å². The molecular weight excluding hydrogens is 150 g/mol. The molecule has 0 amide bonds. The van der Waals surface area contributed by atoms with Crippen molar-refractivity contribution in [2.24, 2.45) is 0 Å². The Morgan fingerprint density at radius 2 is 1.92 bits per heavy atom. The number of unbranched alkanes of at least 4 members (excludes halogenated alkanes) is 3. The second kappa shape index (κ2) is 8.72. The van der Waals surface area contributed by atoms with Gasteiger partial charge in [0.05, 0.1) is 0 Å². The molecule has 1 N–H and O–H groups in total. The van der Waals surface area contributed by atoms with E-state index in [1.165, 1.54) is 19.3 Å². The lowest BCUT2D eigenvalue weighted by molar-refractivity contribution is -0.119. The molecular formula is C10H21NO. The highest BCUT2D eigenvalue weighted by Crippen LogP contribution is 2.03. The molecule has 0 radical (unpaired) electrons. The number of carbonyl (C=O) groups is 1. The van der Waals surface area contributed by atoms with Gasteiger partial charge in [0.2, 0.25) is 0 Å². The predicted octanol–water partition coefficient (Wildman–Crippen LogP) is 2.14. The minimum atomic E-state index is 0.403. The van der Waals surface area contributed by atoms with E-state index in [0.717, 1.165) is 19.4 Å². The Morgan fingerprint density at radius 3 is 2.50 bits per heavy atom. The van der Waals surface area contributed by atoms with Gasteiger partial charge in [0.1, 0.15) is 5.78 Å². The van der Waals surface area contributed by atoms with Gasteiger partial charge in [-0.1, -0.05) is 26.2 Å². The van der Waals surface area contributed by atoms with Crippen molar-refractivity contribution in [1.29, 1.82) is 0 Å². The zero-order chi connectivity index (χ0) is 9.23. The first-order valence-corrected chi connectivity index (χ1v) is 4.97. The summed E-state index contributed by atoms with van der Waals surface area (Å²) in [6.07, 6.45) is 6.27. The third-order valence-electron chi connectivity index (χ3n) is 1.96. The van der Waals surface area contributed by atoms with Crippen LogP contribution in [0.3, 0.4) is 0 Å². The molecule has 0 atom stereocenters. The molecule has 72 valence electrons. The van der Waals surface area contributed by atoms with E-state index in [9.17, 15) is 4.79 Å². The molecule has 0 aliphatic heterocycles. The van der Waals surface area contributed by atoms with E-state index in [1.807, 2.05) is 7.05 Å². The number of carbonyl (C=O) groups excluding carboxylic acids is 1. The quantitative estimate of drug-likeness (QED) is 0.567. The van der Waals surface area contributed by atoms with Crippen LogP contribution in [0.25, 0.3) is 0 Å². The van der Waals surface area contributed by atoms with Gasteiger partial charge in [-0.25, -0.2) is 0 Å². The van der Waals surface area contributed by atoms with Crippen molar-refractivity contribution in [2.45, 2.75) is 45.4 Å². The molecule has 0 spiro atoms. The van der Waals surface area contributed by atoms with Crippen molar-refractivity contribution in [3.63, 3.8) is 0 Å². The molecule has 12 heavy (non-hydrogen) atoms. The summed E-state index contributed by atoms with van der Waals surface area (Å²) in [5.41, 5.74) is 0. The van der Waals surface area contributed by atoms with Crippen molar-refractivity contribution in [3.05, 3.63) is 0 Å². The van der Waals surface area contributed by atoms with Gasteiger partial charge in [-0.05, 0) is 13.5 Å². The van der Waals surface area contributed by atoms with Gasteiger partial charge >= 0.3 is 0 Å². The van der Waals surface area contributed by atoms with Gasteiger partial charge in [-0.3, -0.25) is 4.79 Å². The van der Waals surface area contributed by atoms with E-state index in [4.69, 9.17) is 0 Å². The van der Waals surface area contributed by atoms with Gasteiger partial charge in [0.15, 0.2) is 0 Å². The summed E-state index contributed by atoms with van der Waals surface area (Å²) < 4.78 is 0. The number of hydrogen-bond acceptors (Lipinski definition) is 2. The van der Waals surface area contributed by atoms with Crippen LogP contribution < -0.4 is 5.32 Å². The summed E-state index contributed by atoms with van der Waals surface area (Å²) in [7, 11) is 1.88. The molecule has 2 heteroatoms. The van der Waals surface area contributed by atoms with Crippen LogP contribution >= 0.6 is 0 Å². The van der Waals surface area contributed by atoms with Crippen LogP contribution in [0.4, 0.5) is 0 Å². The van der Waals surface area contributed by atoms with Crippen molar-refractivity contribution >= 4 is 5.78 Å². The summed E-state index contributed by atoms with van der Waals surface area (Å²) >= 11 is 0. The van der Waals surface area contributed by atoms with E-state index in [1.54, 1.807) is 0 Å². The average Bonchev–Trinajstić information content (AvgIpc) is 2.09. The van der Waals surface area contributed by atoms with Gasteiger partial charge in [0.25, 0.3) is 0 Å². The van der Waals surface area contributed by atoms with Crippen LogP contribution in [0.2, 0.25) is 0 Å². The highest BCUT2D eigenvalue weighted by atomic mass is 16.1. The molecule has 0 bridgehead atoms. The Balaban J connectivity index is 3.08. The lowest BCUT2D eigenvalue weighted by atomic mass is 10.1. The minimum absolute atomic E-state index is 0.403. The predicted molar refractivity (Wildman–Crippen MR) is 52.3 cm³/mol. The standard InChI is InChI=1S/C10H21NO/c1-3-4-5-6-7-10(12)8-9-11-2/h11H,3-9H2,1-2H3. The Bertz CT molecular complexity index is 112. The maximum Gasteiger partial charge on any atom is 0.134 e. The summed E-state index contributed by atoms with van der Waals surface area (Å²) in [4.78, 5) is 11.1. The number of rotatable bonds is 8. The van der Waals surface area contributed by atoms with Gasteiger partial charge < -0.3 is 5.32 Å². The highest BCUT2D eigenvalue weighted by Gasteiger charge is 1.99. The zero-order valence-corrected chi connectivity index (χ0v) is 8.36. The van der Waals surface area contributed by atoms with E-state index >= 15 is 0 Å². The van der Waals surface area contributed by atoms with Crippen LogP contribution in [-0.2, 0) is 4.79 Å². The largest absolute Gasteiger partial charge is 0.319 e. The summed E-state index contributed by atoms with van der Waals surface area (Å²) in [5.74, 6) is 0.403. The van der Waals surface area contributed by atoms with Crippen molar-refractivity contribution in [1.82, 2.24) is 5.32 Å². The second-order valence-corrected chi connectivity index (χ2v) is 3.20. The highest BCUT2D eigenvalue weighted by molar-refractivity contribution is 5.78. The van der Waals surface area contributed by atoms with Crippen molar-refractivity contribution in [3.8, 4) is 0 Å². The maximum absolute atomic E-state index is 11.1. The fraction of sp³-hybridized carbons (Fsp3) is 0.900. The number of hydrogen-bond donors (Lipinski definition) is 1. The first-order valence-electron chi connectivity index (χ1n) is 4.97. The SMILES string of the molecule is CCCCCCC(=O)CCNC. The Labute approximate surface area is 75.7 Å². The van der Waals surface area contributed by atoms with Crippen LogP contribution in [0, 0.1) is 0 Å². The number of nitrogens with one attached hydrogen (secondary N) is 1. The Hall–Kier alpha value is -0.370. The monoisotopic (exact) mass is 171 g/mol. The average molecular weight is 171 g/mol. The molecule has 0 aromatic rings. The zero-order valence-electron chi connectivity index (χ0n) is 8.36. The van der Waals surface area contributed by atoms with Crippen LogP contribution in [0.1, 0.15) is 45.4 Å². The number of Topliss-reactive ketones (excluding diaryl/α,β-unsaturated/α-hetero) is 1. The molecule has 0 fully saturated rings.